The van der Waals surface area contributed by atoms with Crippen molar-refractivity contribution in [1.29, 1.82) is 0 Å². The van der Waals surface area contributed by atoms with Crippen molar-refractivity contribution in [3.63, 3.8) is 0 Å². The van der Waals surface area contributed by atoms with Crippen molar-refractivity contribution in [2.75, 3.05) is 0 Å². The molecule has 0 bridgehead atoms. The van der Waals surface area contributed by atoms with Gasteiger partial charge >= 0.3 is 5.97 Å². The van der Waals surface area contributed by atoms with E-state index >= 15 is 0 Å². The SMILES string of the molecule is O=C(CCc1ncc(-c2ccc(F)cc2F)o1)OCc1nc2ccccc2s1. The van der Waals surface area contributed by atoms with E-state index in [1.165, 1.54) is 23.6 Å². The number of esters is 1. The number of carbonyl (C=O) groups excluding carboxylic acids is 1. The Kier molecular flexibility index (Phi) is 5.12. The maximum absolute atomic E-state index is 13.8. The van der Waals surface area contributed by atoms with Gasteiger partial charge in [-0.3, -0.25) is 4.79 Å². The number of rotatable bonds is 6. The van der Waals surface area contributed by atoms with Crippen molar-refractivity contribution < 1.29 is 22.7 Å². The van der Waals surface area contributed by atoms with Crippen LogP contribution >= 0.6 is 11.3 Å². The van der Waals surface area contributed by atoms with Crippen LogP contribution < -0.4 is 0 Å². The zero-order valence-electron chi connectivity index (χ0n) is 14.5. The summed E-state index contributed by atoms with van der Waals surface area (Å²) in [5, 5.41) is 0.722. The van der Waals surface area contributed by atoms with Crippen molar-refractivity contribution in [1.82, 2.24) is 9.97 Å². The molecule has 8 heteroatoms. The van der Waals surface area contributed by atoms with E-state index in [0.29, 0.717) is 0 Å². The van der Waals surface area contributed by atoms with Gasteiger partial charge in [0.15, 0.2) is 11.7 Å². The summed E-state index contributed by atoms with van der Waals surface area (Å²) in [5.41, 5.74) is 0.984. The van der Waals surface area contributed by atoms with Crippen LogP contribution in [0.5, 0.6) is 0 Å². The fraction of sp³-hybridized carbons (Fsp3) is 0.150. The van der Waals surface area contributed by atoms with Gasteiger partial charge < -0.3 is 9.15 Å². The van der Waals surface area contributed by atoms with Crippen LogP contribution in [0.25, 0.3) is 21.5 Å². The Bertz CT molecular complexity index is 1110. The second kappa shape index (κ2) is 7.85. The van der Waals surface area contributed by atoms with E-state index < -0.39 is 17.6 Å². The fourth-order valence-electron chi connectivity index (χ4n) is 2.64. The Hall–Kier alpha value is -3.13. The highest BCUT2D eigenvalue weighted by Crippen LogP contribution is 2.25. The first-order chi connectivity index (χ1) is 13.6. The standard InChI is InChI=1S/C20H14F2N2O3S/c21-12-5-6-13(14(22)9-12)16-10-23-18(27-16)7-8-20(25)26-11-19-24-15-3-1-2-4-17(15)28-19/h1-6,9-10H,7-8,11H2. The van der Waals surface area contributed by atoms with Crippen LogP contribution in [0, 0.1) is 11.6 Å². The van der Waals surface area contributed by atoms with Crippen LogP contribution in [0.2, 0.25) is 0 Å². The zero-order chi connectivity index (χ0) is 19.5. The van der Waals surface area contributed by atoms with Gasteiger partial charge in [-0.15, -0.1) is 11.3 Å². The number of nitrogens with zero attached hydrogens (tertiary/aromatic N) is 2. The first kappa shape index (κ1) is 18.2. The summed E-state index contributed by atoms with van der Waals surface area (Å²) in [6, 6.07) is 10.9. The Balaban J connectivity index is 1.32. The summed E-state index contributed by atoms with van der Waals surface area (Å²) in [5.74, 6) is -1.37. The molecule has 0 spiro atoms. The maximum Gasteiger partial charge on any atom is 0.306 e. The molecule has 0 saturated carbocycles. The summed E-state index contributed by atoms with van der Waals surface area (Å²) in [7, 11) is 0. The van der Waals surface area contributed by atoms with Gasteiger partial charge in [-0.1, -0.05) is 12.1 Å². The van der Waals surface area contributed by atoms with Crippen molar-refractivity contribution >= 4 is 27.5 Å². The van der Waals surface area contributed by atoms with Gasteiger partial charge in [0.2, 0.25) is 0 Å². The van der Waals surface area contributed by atoms with E-state index in [4.69, 9.17) is 9.15 Å². The van der Waals surface area contributed by atoms with Crippen molar-refractivity contribution in [2.45, 2.75) is 19.4 Å². The summed E-state index contributed by atoms with van der Waals surface area (Å²) >= 11 is 1.48. The second-order valence-corrected chi connectivity index (χ2v) is 7.09. The molecule has 0 unspecified atom stereocenters. The average molecular weight is 400 g/mol. The quantitative estimate of drug-likeness (QED) is 0.431. The molecular formula is C20H14F2N2O3S. The van der Waals surface area contributed by atoms with E-state index in [0.717, 1.165) is 27.4 Å². The molecule has 0 N–H and O–H groups in total. The van der Waals surface area contributed by atoms with Crippen LogP contribution in [-0.4, -0.2) is 15.9 Å². The Labute approximate surface area is 162 Å². The third kappa shape index (κ3) is 4.07. The van der Waals surface area contributed by atoms with E-state index in [1.54, 1.807) is 0 Å². The van der Waals surface area contributed by atoms with Gasteiger partial charge in [0.1, 0.15) is 23.2 Å². The number of thiazole rings is 1. The van der Waals surface area contributed by atoms with Crippen molar-refractivity contribution in [3.05, 3.63) is 71.2 Å². The fourth-order valence-corrected chi connectivity index (χ4v) is 3.53. The lowest BCUT2D eigenvalue weighted by Crippen LogP contribution is -2.05. The lowest BCUT2D eigenvalue weighted by atomic mass is 10.2. The van der Waals surface area contributed by atoms with Crippen LogP contribution in [0.4, 0.5) is 8.78 Å². The molecule has 4 rings (SSSR count). The minimum absolute atomic E-state index is 0.0662. The number of para-hydroxylation sites is 1. The first-order valence-corrected chi connectivity index (χ1v) is 9.30. The number of carbonyl (C=O) groups is 1. The molecule has 0 aliphatic rings. The number of ether oxygens (including phenoxy) is 1. The highest BCUT2D eigenvalue weighted by Gasteiger charge is 2.14. The predicted octanol–water partition coefficient (Wildman–Crippen LogP) is 4.91. The topological polar surface area (TPSA) is 65.2 Å². The highest BCUT2D eigenvalue weighted by atomic mass is 32.1. The maximum atomic E-state index is 13.8. The Morgan fingerprint density at radius 1 is 1.18 bits per heavy atom. The third-order valence-electron chi connectivity index (χ3n) is 3.99. The number of hydrogen-bond donors (Lipinski definition) is 0. The van der Waals surface area contributed by atoms with Gasteiger partial charge in [-0.2, -0.15) is 0 Å². The summed E-state index contributed by atoms with van der Waals surface area (Å²) < 4.78 is 38.5. The summed E-state index contributed by atoms with van der Waals surface area (Å²) in [6.07, 6.45) is 1.62. The van der Waals surface area contributed by atoms with Gasteiger partial charge in [0.05, 0.1) is 28.4 Å². The largest absolute Gasteiger partial charge is 0.458 e. The summed E-state index contributed by atoms with van der Waals surface area (Å²) in [6.45, 7) is 0.107. The molecule has 0 aliphatic carbocycles. The molecule has 0 atom stereocenters. The van der Waals surface area contributed by atoms with Gasteiger partial charge in [-0.25, -0.2) is 18.7 Å². The molecule has 0 amide bonds. The molecule has 142 valence electrons. The molecule has 2 heterocycles. The zero-order valence-corrected chi connectivity index (χ0v) is 15.3. The van der Waals surface area contributed by atoms with Crippen molar-refractivity contribution in [3.8, 4) is 11.3 Å². The Morgan fingerprint density at radius 3 is 2.86 bits per heavy atom. The molecule has 0 saturated heterocycles. The number of fused-ring (bicyclic) bond motifs is 1. The number of hydrogen-bond acceptors (Lipinski definition) is 6. The number of oxazole rings is 1. The molecule has 0 fully saturated rings. The summed E-state index contributed by atoms with van der Waals surface area (Å²) in [4.78, 5) is 20.4. The Morgan fingerprint density at radius 2 is 2.04 bits per heavy atom. The minimum atomic E-state index is -0.738. The normalized spacial score (nSPS) is 11.1. The lowest BCUT2D eigenvalue weighted by Gasteiger charge is -2.01. The number of halogens is 2. The molecule has 2 aromatic heterocycles. The monoisotopic (exact) mass is 400 g/mol. The molecule has 4 aromatic rings. The van der Waals surface area contributed by atoms with Gasteiger partial charge in [0.25, 0.3) is 0 Å². The molecule has 0 aliphatic heterocycles. The molecule has 5 nitrogen and oxygen atoms in total. The molecule has 0 radical (unpaired) electrons. The van der Waals surface area contributed by atoms with Crippen LogP contribution in [0.15, 0.2) is 53.1 Å². The molecule has 2 aromatic carbocycles. The molecule has 28 heavy (non-hydrogen) atoms. The van der Waals surface area contributed by atoms with Crippen LogP contribution in [-0.2, 0) is 22.6 Å². The highest BCUT2D eigenvalue weighted by molar-refractivity contribution is 7.18. The second-order valence-electron chi connectivity index (χ2n) is 5.98. The lowest BCUT2D eigenvalue weighted by molar-refractivity contribution is -0.145. The number of benzene rings is 2. The van der Waals surface area contributed by atoms with E-state index in [2.05, 4.69) is 9.97 Å². The molecular weight excluding hydrogens is 386 g/mol. The van der Waals surface area contributed by atoms with Crippen molar-refractivity contribution in [2.24, 2.45) is 0 Å². The predicted molar refractivity (Wildman–Crippen MR) is 99.6 cm³/mol. The van der Waals surface area contributed by atoms with Crippen LogP contribution in [0.3, 0.4) is 0 Å². The van der Waals surface area contributed by atoms with E-state index in [9.17, 15) is 13.6 Å². The average Bonchev–Trinajstić information content (AvgIpc) is 3.31. The van der Waals surface area contributed by atoms with Crippen LogP contribution in [0.1, 0.15) is 17.3 Å². The minimum Gasteiger partial charge on any atom is -0.458 e. The number of aromatic nitrogens is 2. The smallest absolute Gasteiger partial charge is 0.306 e. The third-order valence-corrected chi connectivity index (χ3v) is 5.00. The first-order valence-electron chi connectivity index (χ1n) is 8.49. The van der Waals surface area contributed by atoms with Gasteiger partial charge in [-0.05, 0) is 24.3 Å². The van der Waals surface area contributed by atoms with E-state index in [-0.39, 0.29) is 36.7 Å². The van der Waals surface area contributed by atoms with Gasteiger partial charge in [0, 0.05) is 12.5 Å². The van der Waals surface area contributed by atoms with E-state index in [1.807, 2.05) is 24.3 Å². The number of aryl methyl sites for hydroxylation is 1.